The van der Waals surface area contributed by atoms with Crippen LogP contribution in [0.4, 0.5) is 6.01 Å². The summed E-state index contributed by atoms with van der Waals surface area (Å²) >= 11 is 1.18. The SMILES string of the molecule is CC(=O)SC1CC(=O)N(c2nnc(C)o2)C1. The molecule has 0 saturated carbocycles. The van der Waals surface area contributed by atoms with Crippen LogP contribution in [0.25, 0.3) is 0 Å². The van der Waals surface area contributed by atoms with Gasteiger partial charge in [0, 0.05) is 32.1 Å². The lowest BCUT2D eigenvalue weighted by Crippen LogP contribution is -2.25. The third kappa shape index (κ3) is 2.24. The molecule has 1 aliphatic rings. The normalized spacial score (nSPS) is 20.5. The van der Waals surface area contributed by atoms with Crippen molar-refractivity contribution in [2.45, 2.75) is 25.5 Å². The summed E-state index contributed by atoms with van der Waals surface area (Å²) in [6.07, 6.45) is 0.339. The molecule has 7 heteroatoms. The number of thioether (sulfide) groups is 1. The van der Waals surface area contributed by atoms with Crippen molar-refractivity contribution < 1.29 is 14.0 Å². The Hall–Kier alpha value is -1.37. The molecule has 1 aromatic heterocycles. The van der Waals surface area contributed by atoms with Gasteiger partial charge in [-0.15, -0.1) is 5.10 Å². The molecule has 0 N–H and O–H groups in total. The van der Waals surface area contributed by atoms with Crippen molar-refractivity contribution in [1.29, 1.82) is 0 Å². The summed E-state index contributed by atoms with van der Waals surface area (Å²) < 4.78 is 5.18. The van der Waals surface area contributed by atoms with Crippen LogP contribution in [0, 0.1) is 6.92 Å². The van der Waals surface area contributed by atoms with Crippen LogP contribution >= 0.6 is 11.8 Å². The summed E-state index contributed by atoms with van der Waals surface area (Å²) in [5, 5.41) is 7.45. The second kappa shape index (κ2) is 4.25. The lowest BCUT2D eigenvalue weighted by atomic mass is 10.4. The Morgan fingerprint density at radius 1 is 1.56 bits per heavy atom. The third-order valence-electron chi connectivity index (χ3n) is 2.17. The van der Waals surface area contributed by atoms with E-state index in [2.05, 4.69) is 10.2 Å². The topological polar surface area (TPSA) is 76.3 Å². The summed E-state index contributed by atoms with van der Waals surface area (Å²) in [5.74, 6) is 0.341. The fourth-order valence-corrected chi connectivity index (χ4v) is 2.49. The van der Waals surface area contributed by atoms with Crippen LogP contribution in [0.15, 0.2) is 4.42 Å². The maximum Gasteiger partial charge on any atom is 0.325 e. The minimum Gasteiger partial charge on any atom is -0.408 e. The van der Waals surface area contributed by atoms with E-state index in [0.717, 1.165) is 0 Å². The van der Waals surface area contributed by atoms with Gasteiger partial charge in [0.05, 0.1) is 0 Å². The highest BCUT2D eigenvalue weighted by Crippen LogP contribution is 2.27. The molecule has 16 heavy (non-hydrogen) atoms. The van der Waals surface area contributed by atoms with Gasteiger partial charge in [-0.05, 0) is 0 Å². The van der Waals surface area contributed by atoms with Crippen LogP contribution in [-0.4, -0.2) is 33.0 Å². The molecule has 2 rings (SSSR count). The van der Waals surface area contributed by atoms with Gasteiger partial charge >= 0.3 is 6.01 Å². The smallest absolute Gasteiger partial charge is 0.325 e. The Kier molecular flexibility index (Phi) is 2.95. The van der Waals surface area contributed by atoms with E-state index in [0.29, 0.717) is 18.9 Å². The first kappa shape index (κ1) is 11.1. The molecule has 6 nitrogen and oxygen atoms in total. The fourth-order valence-electron chi connectivity index (χ4n) is 1.57. The van der Waals surface area contributed by atoms with Gasteiger partial charge in [-0.2, -0.15) is 0 Å². The Balaban J connectivity index is 2.08. The maximum atomic E-state index is 11.6. The Morgan fingerprint density at radius 2 is 2.31 bits per heavy atom. The summed E-state index contributed by atoms with van der Waals surface area (Å²) in [7, 11) is 0. The molecule has 1 amide bonds. The Morgan fingerprint density at radius 3 is 2.88 bits per heavy atom. The average molecular weight is 241 g/mol. The number of hydrogen-bond donors (Lipinski definition) is 0. The van der Waals surface area contributed by atoms with Crippen molar-refractivity contribution in [1.82, 2.24) is 10.2 Å². The van der Waals surface area contributed by atoms with Gasteiger partial charge in [0.2, 0.25) is 11.8 Å². The molecule has 1 unspecified atom stereocenters. The largest absolute Gasteiger partial charge is 0.408 e. The molecule has 1 aromatic rings. The molecule has 2 heterocycles. The zero-order valence-corrected chi connectivity index (χ0v) is 9.78. The molecule has 1 atom stereocenters. The first-order chi connectivity index (χ1) is 7.56. The van der Waals surface area contributed by atoms with Gasteiger partial charge in [0.1, 0.15) is 0 Å². The van der Waals surface area contributed by atoms with Crippen molar-refractivity contribution in [3.8, 4) is 0 Å². The summed E-state index contributed by atoms with van der Waals surface area (Å²) in [6.45, 7) is 3.61. The van der Waals surface area contributed by atoms with Crippen molar-refractivity contribution in [3.63, 3.8) is 0 Å². The Labute approximate surface area is 96.4 Å². The van der Waals surface area contributed by atoms with Gasteiger partial charge in [-0.1, -0.05) is 16.9 Å². The van der Waals surface area contributed by atoms with Crippen molar-refractivity contribution in [3.05, 3.63) is 5.89 Å². The van der Waals surface area contributed by atoms with Crippen molar-refractivity contribution in [2.75, 3.05) is 11.4 Å². The van der Waals surface area contributed by atoms with Gasteiger partial charge in [0.15, 0.2) is 5.12 Å². The van der Waals surface area contributed by atoms with Gasteiger partial charge in [0.25, 0.3) is 0 Å². The number of carbonyl (C=O) groups excluding carboxylic acids is 2. The minimum atomic E-state index is -0.0811. The zero-order chi connectivity index (χ0) is 11.7. The molecular weight excluding hydrogens is 230 g/mol. The number of amides is 1. The van der Waals surface area contributed by atoms with E-state index in [4.69, 9.17) is 4.42 Å². The predicted octanol–water partition coefficient (Wildman–Crippen LogP) is 0.763. The third-order valence-corrected chi connectivity index (χ3v) is 3.15. The van der Waals surface area contributed by atoms with E-state index < -0.39 is 0 Å². The highest BCUT2D eigenvalue weighted by Gasteiger charge is 2.34. The average Bonchev–Trinajstić information content (AvgIpc) is 2.72. The molecule has 0 spiro atoms. The minimum absolute atomic E-state index is 0.0151. The zero-order valence-electron chi connectivity index (χ0n) is 8.97. The number of rotatable bonds is 2. The standard InChI is InChI=1S/C9H11N3O3S/c1-5-10-11-9(15-5)12-4-7(3-8(12)14)16-6(2)13/h7H,3-4H2,1-2H3. The molecular formula is C9H11N3O3S. The fraction of sp³-hybridized carbons (Fsp3) is 0.556. The lowest BCUT2D eigenvalue weighted by Gasteiger charge is -2.09. The van der Waals surface area contributed by atoms with Crippen LogP contribution < -0.4 is 4.90 Å². The molecule has 1 fully saturated rings. The first-order valence-corrected chi connectivity index (χ1v) is 5.72. The molecule has 1 saturated heterocycles. The Bertz CT molecular complexity index is 431. The highest BCUT2D eigenvalue weighted by molar-refractivity contribution is 8.14. The van der Waals surface area contributed by atoms with E-state index in [9.17, 15) is 9.59 Å². The quantitative estimate of drug-likeness (QED) is 0.761. The van der Waals surface area contributed by atoms with Gasteiger partial charge < -0.3 is 4.42 Å². The monoisotopic (exact) mass is 241 g/mol. The number of nitrogens with zero attached hydrogens (tertiary/aromatic N) is 3. The number of anilines is 1. The van der Waals surface area contributed by atoms with E-state index in [1.807, 2.05) is 0 Å². The lowest BCUT2D eigenvalue weighted by molar-refractivity contribution is -0.117. The van der Waals surface area contributed by atoms with Crippen molar-refractivity contribution in [2.24, 2.45) is 0 Å². The van der Waals surface area contributed by atoms with E-state index in [1.165, 1.54) is 23.6 Å². The molecule has 86 valence electrons. The number of aromatic nitrogens is 2. The van der Waals surface area contributed by atoms with Gasteiger partial charge in [-0.25, -0.2) is 0 Å². The molecule has 0 radical (unpaired) electrons. The van der Waals surface area contributed by atoms with Crippen LogP contribution in [0.3, 0.4) is 0 Å². The number of hydrogen-bond acceptors (Lipinski definition) is 6. The molecule has 0 aromatic carbocycles. The maximum absolute atomic E-state index is 11.6. The van der Waals surface area contributed by atoms with Crippen LogP contribution in [0.1, 0.15) is 19.2 Å². The second-order valence-corrected chi connectivity index (χ2v) is 5.02. The molecule has 0 aliphatic carbocycles. The second-order valence-electron chi connectivity index (χ2n) is 3.54. The number of carbonyl (C=O) groups is 2. The van der Waals surface area contributed by atoms with E-state index in [1.54, 1.807) is 6.92 Å². The molecule has 1 aliphatic heterocycles. The first-order valence-electron chi connectivity index (χ1n) is 4.84. The van der Waals surface area contributed by atoms with Crippen LogP contribution in [0.5, 0.6) is 0 Å². The summed E-state index contributed by atoms with van der Waals surface area (Å²) in [4.78, 5) is 24.0. The number of aryl methyl sites for hydroxylation is 1. The highest BCUT2D eigenvalue weighted by atomic mass is 32.2. The van der Waals surface area contributed by atoms with Crippen molar-refractivity contribution >= 4 is 28.8 Å². The molecule has 0 bridgehead atoms. The van der Waals surface area contributed by atoms with E-state index in [-0.39, 0.29) is 22.3 Å². The van der Waals surface area contributed by atoms with Crippen LogP contribution in [-0.2, 0) is 9.59 Å². The van der Waals surface area contributed by atoms with E-state index >= 15 is 0 Å². The summed E-state index contributed by atoms with van der Waals surface area (Å²) in [6, 6.07) is 0.217. The van der Waals surface area contributed by atoms with Crippen LogP contribution in [0.2, 0.25) is 0 Å². The predicted molar refractivity (Wildman–Crippen MR) is 58.1 cm³/mol. The van der Waals surface area contributed by atoms with Gasteiger partial charge in [-0.3, -0.25) is 14.5 Å². The summed E-state index contributed by atoms with van der Waals surface area (Å²) in [5.41, 5.74) is 0.